The van der Waals surface area contributed by atoms with Crippen LogP contribution in [0.25, 0.3) is 0 Å². The Bertz CT molecular complexity index is 967. The summed E-state index contributed by atoms with van der Waals surface area (Å²) in [4.78, 5) is 26.6. The van der Waals surface area contributed by atoms with Crippen molar-refractivity contribution in [2.75, 3.05) is 46.6 Å². The zero-order valence-corrected chi connectivity index (χ0v) is 18.7. The molecule has 1 saturated heterocycles. The van der Waals surface area contributed by atoms with Gasteiger partial charge in [-0.3, -0.25) is 4.79 Å². The summed E-state index contributed by atoms with van der Waals surface area (Å²) in [6.45, 7) is 3.13. The zero-order chi connectivity index (χ0) is 23.2. The third-order valence-corrected chi connectivity index (χ3v) is 5.97. The summed E-state index contributed by atoms with van der Waals surface area (Å²) < 4.78 is 21.4. The normalized spacial score (nSPS) is 17.3. The van der Waals surface area contributed by atoms with Gasteiger partial charge in [0.2, 0.25) is 0 Å². The van der Waals surface area contributed by atoms with Crippen LogP contribution in [0.1, 0.15) is 33.6 Å². The SMILES string of the molecule is COC(=O)c1ccc(OCC(O)CN2CCC(C(=O)c3ccc4c(c3)OCCO4)CC2)cc1. The molecule has 2 heterocycles. The number of hydrogen-bond acceptors (Lipinski definition) is 8. The Labute approximate surface area is 193 Å². The molecule has 0 radical (unpaired) electrons. The number of hydrogen-bond donors (Lipinski definition) is 1. The number of esters is 1. The Morgan fingerprint density at radius 2 is 1.70 bits per heavy atom. The lowest BCUT2D eigenvalue weighted by molar-refractivity contribution is 0.0522. The lowest BCUT2D eigenvalue weighted by atomic mass is 9.88. The highest BCUT2D eigenvalue weighted by molar-refractivity contribution is 5.98. The number of methoxy groups -OCH3 is 1. The van der Waals surface area contributed by atoms with E-state index < -0.39 is 12.1 Å². The van der Waals surface area contributed by atoms with Gasteiger partial charge in [-0.05, 0) is 68.4 Å². The maximum Gasteiger partial charge on any atom is 0.337 e. The first kappa shape index (κ1) is 23.1. The predicted octanol–water partition coefficient (Wildman–Crippen LogP) is 2.58. The summed E-state index contributed by atoms with van der Waals surface area (Å²) >= 11 is 0. The van der Waals surface area contributed by atoms with Crippen LogP contribution in [0.4, 0.5) is 0 Å². The van der Waals surface area contributed by atoms with Gasteiger partial charge in [0.1, 0.15) is 31.7 Å². The van der Waals surface area contributed by atoms with E-state index in [1.54, 1.807) is 42.5 Å². The van der Waals surface area contributed by atoms with E-state index in [4.69, 9.17) is 14.2 Å². The molecule has 1 unspecified atom stereocenters. The van der Waals surface area contributed by atoms with Crippen LogP contribution in [0.3, 0.4) is 0 Å². The molecular weight excluding hydrogens is 426 g/mol. The number of rotatable bonds is 8. The average Bonchev–Trinajstić information content (AvgIpc) is 2.87. The summed E-state index contributed by atoms with van der Waals surface area (Å²) in [5.41, 5.74) is 1.10. The van der Waals surface area contributed by atoms with Crippen molar-refractivity contribution in [3.63, 3.8) is 0 Å². The summed E-state index contributed by atoms with van der Waals surface area (Å²) in [5.74, 6) is 1.58. The number of ether oxygens (including phenoxy) is 4. The zero-order valence-electron chi connectivity index (χ0n) is 18.7. The number of β-amino-alcohol motifs (C(OH)–C–C–N with tert-alkyl or cyclic N) is 1. The third-order valence-electron chi connectivity index (χ3n) is 5.97. The Morgan fingerprint density at radius 3 is 2.39 bits per heavy atom. The first-order valence-corrected chi connectivity index (χ1v) is 11.2. The monoisotopic (exact) mass is 455 g/mol. The van der Waals surface area contributed by atoms with Gasteiger partial charge in [0.25, 0.3) is 0 Å². The molecule has 0 aliphatic carbocycles. The fourth-order valence-corrected chi connectivity index (χ4v) is 4.16. The summed E-state index contributed by atoms with van der Waals surface area (Å²) in [5, 5.41) is 10.4. The van der Waals surface area contributed by atoms with Crippen molar-refractivity contribution < 1.29 is 33.6 Å². The van der Waals surface area contributed by atoms with Crippen LogP contribution in [0.2, 0.25) is 0 Å². The van der Waals surface area contributed by atoms with Crippen molar-refractivity contribution >= 4 is 11.8 Å². The van der Waals surface area contributed by atoms with Gasteiger partial charge in [-0.25, -0.2) is 4.79 Å². The van der Waals surface area contributed by atoms with Gasteiger partial charge in [0.15, 0.2) is 17.3 Å². The minimum atomic E-state index is -0.657. The molecule has 1 fully saturated rings. The van der Waals surface area contributed by atoms with E-state index in [9.17, 15) is 14.7 Å². The maximum absolute atomic E-state index is 12.9. The predicted molar refractivity (Wildman–Crippen MR) is 120 cm³/mol. The van der Waals surface area contributed by atoms with Crippen LogP contribution in [-0.2, 0) is 4.74 Å². The van der Waals surface area contributed by atoms with Gasteiger partial charge >= 0.3 is 5.97 Å². The largest absolute Gasteiger partial charge is 0.491 e. The lowest BCUT2D eigenvalue weighted by Gasteiger charge is -2.32. The molecular formula is C25H29NO7. The van der Waals surface area contributed by atoms with Gasteiger partial charge in [-0.15, -0.1) is 0 Å². The first-order chi connectivity index (χ1) is 16.0. The van der Waals surface area contributed by atoms with E-state index in [1.165, 1.54) is 7.11 Å². The van der Waals surface area contributed by atoms with Crippen LogP contribution in [-0.4, -0.2) is 74.4 Å². The number of carbonyl (C=O) groups is 2. The Balaban J connectivity index is 1.21. The second-order valence-corrected chi connectivity index (χ2v) is 8.28. The number of aliphatic hydroxyl groups is 1. The van der Waals surface area contributed by atoms with Crippen LogP contribution < -0.4 is 14.2 Å². The minimum Gasteiger partial charge on any atom is -0.491 e. The van der Waals surface area contributed by atoms with E-state index in [1.807, 2.05) is 0 Å². The van der Waals surface area contributed by atoms with Gasteiger partial charge < -0.3 is 29.0 Å². The van der Waals surface area contributed by atoms with Gasteiger partial charge in [0, 0.05) is 18.0 Å². The molecule has 0 aromatic heterocycles. The topological polar surface area (TPSA) is 94.5 Å². The second-order valence-electron chi connectivity index (χ2n) is 8.28. The van der Waals surface area contributed by atoms with Crippen molar-refractivity contribution in [2.45, 2.75) is 18.9 Å². The number of carbonyl (C=O) groups excluding carboxylic acids is 2. The molecule has 8 nitrogen and oxygen atoms in total. The quantitative estimate of drug-likeness (QED) is 0.480. The molecule has 1 N–H and O–H groups in total. The number of nitrogens with zero attached hydrogens (tertiary/aromatic N) is 1. The van der Waals surface area contributed by atoms with Crippen molar-refractivity contribution in [1.82, 2.24) is 4.90 Å². The summed E-state index contributed by atoms with van der Waals surface area (Å²) in [7, 11) is 1.33. The fourth-order valence-electron chi connectivity index (χ4n) is 4.16. The molecule has 0 saturated carbocycles. The van der Waals surface area contributed by atoms with E-state index in [2.05, 4.69) is 9.64 Å². The Morgan fingerprint density at radius 1 is 1.03 bits per heavy atom. The van der Waals surface area contributed by atoms with Gasteiger partial charge in [-0.2, -0.15) is 0 Å². The number of aliphatic hydroxyl groups excluding tert-OH is 1. The molecule has 4 rings (SSSR count). The number of ketones is 1. The molecule has 2 aliphatic rings. The molecule has 2 aromatic rings. The third kappa shape index (κ3) is 5.83. The molecule has 0 bridgehead atoms. The van der Waals surface area contributed by atoms with Crippen molar-refractivity contribution in [1.29, 1.82) is 0 Å². The van der Waals surface area contributed by atoms with Crippen molar-refractivity contribution in [3.05, 3.63) is 53.6 Å². The lowest BCUT2D eigenvalue weighted by Crippen LogP contribution is -2.42. The molecule has 176 valence electrons. The van der Waals surface area contributed by atoms with Gasteiger partial charge in [-0.1, -0.05) is 0 Å². The number of likely N-dealkylation sites (tertiary alicyclic amines) is 1. The average molecular weight is 456 g/mol. The number of Topliss-reactive ketones (excluding diaryl/α,β-unsaturated/α-hetero) is 1. The molecule has 33 heavy (non-hydrogen) atoms. The maximum atomic E-state index is 12.9. The summed E-state index contributed by atoms with van der Waals surface area (Å²) in [6.07, 6.45) is 0.835. The van der Waals surface area contributed by atoms with Crippen LogP contribution in [0.5, 0.6) is 17.2 Å². The molecule has 1 atom stereocenters. The van der Waals surface area contributed by atoms with Crippen LogP contribution in [0, 0.1) is 5.92 Å². The molecule has 0 spiro atoms. The van der Waals surface area contributed by atoms with Crippen molar-refractivity contribution in [3.8, 4) is 17.2 Å². The standard InChI is InChI=1S/C25H29NO7/c1-30-25(29)18-2-5-21(6-3-18)33-16-20(27)15-26-10-8-17(9-11-26)24(28)19-4-7-22-23(14-19)32-13-12-31-22/h2-7,14,17,20,27H,8-13,15-16H2,1H3. The molecule has 2 aliphatic heterocycles. The number of fused-ring (bicyclic) bond motifs is 1. The number of benzene rings is 2. The van der Waals surface area contributed by atoms with E-state index in [-0.39, 0.29) is 18.3 Å². The second kappa shape index (κ2) is 10.7. The highest BCUT2D eigenvalue weighted by Gasteiger charge is 2.27. The molecule has 0 amide bonds. The highest BCUT2D eigenvalue weighted by atomic mass is 16.6. The minimum absolute atomic E-state index is 0.0365. The Kier molecular flexibility index (Phi) is 7.47. The van der Waals surface area contributed by atoms with Gasteiger partial charge in [0.05, 0.1) is 12.7 Å². The van der Waals surface area contributed by atoms with Crippen LogP contribution in [0.15, 0.2) is 42.5 Å². The van der Waals surface area contributed by atoms with E-state index >= 15 is 0 Å². The van der Waals surface area contributed by atoms with E-state index in [0.717, 1.165) is 25.9 Å². The molecule has 8 heteroatoms. The number of piperidine rings is 1. The fraction of sp³-hybridized carbons (Fsp3) is 0.440. The highest BCUT2D eigenvalue weighted by Crippen LogP contribution is 2.32. The summed E-state index contributed by atoms with van der Waals surface area (Å²) in [6, 6.07) is 12.0. The first-order valence-electron chi connectivity index (χ1n) is 11.2. The Hall–Kier alpha value is -3.10. The van der Waals surface area contributed by atoms with E-state index in [0.29, 0.717) is 48.1 Å². The van der Waals surface area contributed by atoms with Crippen molar-refractivity contribution in [2.24, 2.45) is 5.92 Å². The van der Waals surface area contributed by atoms with Crippen LogP contribution >= 0.6 is 0 Å². The smallest absolute Gasteiger partial charge is 0.337 e. The molecule has 2 aromatic carbocycles.